The Bertz CT molecular complexity index is 647. The summed E-state index contributed by atoms with van der Waals surface area (Å²) in [5, 5.41) is 0. The number of ether oxygens (including phenoxy) is 1. The fourth-order valence-corrected chi connectivity index (χ4v) is 2.86. The molecule has 114 valence electrons. The highest BCUT2D eigenvalue weighted by Gasteiger charge is 2.22. The van der Waals surface area contributed by atoms with Crippen molar-refractivity contribution < 1.29 is 4.74 Å². The lowest BCUT2D eigenvalue weighted by Crippen LogP contribution is -2.07. The molecule has 3 nitrogen and oxygen atoms in total. The van der Waals surface area contributed by atoms with Gasteiger partial charge in [-0.05, 0) is 30.5 Å². The van der Waals surface area contributed by atoms with Gasteiger partial charge in [-0.3, -0.25) is 0 Å². The van der Waals surface area contributed by atoms with Crippen LogP contribution >= 0.6 is 0 Å². The number of aliphatic imine (C=N–C) groups is 1. The molecule has 0 amide bonds. The van der Waals surface area contributed by atoms with E-state index in [-0.39, 0.29) is 6.04 Å². The molecular formula is C19H22N2O. The van der Waals surface area contributed by atoms with Crippen molar-refractivity contribution in [2.75, 3.05) is 6.61 Å². The Morgan fingerprint density at radius 1 is 1.05 bits per heavy atom. The molecule has 1 aromatic heterocycles. The van der Waals surface area contributed by atoms with Crippen molar-refractivity contribution in [1.82, 2.24) is 4.98 Å². The predicted molar refractivity (Wildman–Crippen MR) is 89.2 cm³/mol. The molecule has 0 unspecified atom stereocenters. The topological polar surface area (TPSA) is 34.5 Å². The molecule has 1 aliphatic rings. The summed E-state index contributed by atoms with van der Waals surface area (Å²) in [6, 6.07) is 16.5. The van der Waals surface area contributed by atoms with E-state index in [1.807, 2.05) is 24.3 Å². The van der Waals surface area contributed by atoms with Gasteiger partial charge in [0.25, 0.3) is 0 Å². The van der Waals surface area contributed by atoms with Crippen LogP contribution in [0.2, 0.25) is 0 Å². The van der Waals surface area contributed by atoms with Crippen LogP contribution in [-0.2, 0) is 4.74 Å². The van der Waals surface area contributed by atoms with Gasteiger partial charge in [-0.15, -0.1) is 0 Å². The van der Waals surface area contributed by atoms with Gasteiger partial charge >= 0.3 is 0 Å². The van der Waals surface area contributed by atoms with Crippen LogP contribution in [0.15, 0.2) is 53.5 Å². The molecule has 0 bridgehead atoms. The summed E-state index contributed by atoms with van der Waals surface area (Å²) in [6.07, 6.45) is 2.21. The average molecular weight is 294 g/mol. The fourth-order valence-electron chi connectivity index (χ4n) is 2.86. The summed E-state index contributed by atoms with van der Waals surface area (Å²) in [5.74, 6) is 1.17. The standard InChI is InChI=1S/C19H22N2O/c1-3-14(4-2)16-11-8-12-17(20-16)19-21-18(13-22-19)15-9-6-5-7-10-15/h5-12,14,18H,3-4,13H2,1-2H3/t18-/m0/s1. The number of rotatable bonds is 5. The lowest BCUT2D eigenvalue weighted by molar-refractivity contribution is 0.319. The number of pyridine rings is 1. The molecule has 0 fully saturated rings. The fraction of sp³-hybridized carbons (Fsp3) is 0.368. The summed E-state index contributed by atoms with van der Waals surface area (Å²) in [7, 11) is 0. The van der Waals surface area contributed by atoms with Gasteiger partial charge < -0.3 is 4.74 Å². The molecule has 0 radical (unpaired) electrons. The second kappa shape index (κ2) is 6.73. The molecule has 3 heteroatoms. The van der Waals surface area contributed by atoms with Gasteiger partial charge in [-0.25, -0.2) is 9.98 Å². The maximum atomic E-state index is 5.80. The molecule has 2 heterocycles. The van der Waals surface area contributed by atoms with Gasteiger partial charge in [0.15, 0.2) is 0 Å². The van der Waals surface area contributed by atoms with E-state index in [0.29, 0.717) is 18.4 Å². The molecule has 3 rings (SSSR count). The summed E-state index contributed by atoms with van der Waals surface area (Å²) in [5.41, 5.74) is 3.17. The normalized spacial score (nSPS) is 17.4. The second-order valence-corrected chi connectivity index (χ2v) is 5.63. The zero-order valence-electron chi connectivity index (χ0n) is 13.2. The van der Waals surface area contributed by atoms with Crippen LogP contribution in [0.1, 0.15) is 55.6 Å². The van der Waals surface area contributed by atoms with Crippen molar-refractivity contribution in [1.29, 1.82) is 0 Å². The molecule has 1 atom stereocenters. The SMILES string of the molecule is CCC(CC)c1cccc(C2=N[C@H](c3ccccc3)CO2)n1. The minimum absolute atomic E-state index is 0.0785. The summed E-state index contributed by atoms with van der Waals surface area (Å²) < 4.78 is 5.80. The first-order valence-electron chi connectivity index (χ1n) is 8.04. The van der Waals surface area contributed by atoms with Gasteiger partial charge in [-0.2, -0.15) is 0 Å². The maximum Gasteiger partial charge on any atom is 0.236 e. The summed E-state index contributed by atoms with van der Waals surface area (Å²) in [4.78, 5) is 9.48. The molecule has 2 aromatic rings. The summed E-state index contributed by atoms with van der Waals surface area (Å²) in [6.45, 7) is 5.01. The van der Waals surface area contributed by atoms with Gasteiger partial charge in [0.1, 0.15) is 18.3 Å². The van der Waals surface area contributed by atoms with E-state index in [1.165, 1.54) is 5.56 Å². The Kier molecular flexibility index (Phi) is 4.52. The van der Waals surface area contributed by atoms with Crippen LogP contribution in [0.25, 0.3) is 0 Å². The monoisotopic (exact) mass is 294 g/mol. The molecule has 1 aromatic carbocycles. The highest BCUT2D eigenvalue weighted by Crippen LogP contribution is 2.26. The number of benzene rings is 1. The Hall–Kier alpha value is -2.16. The molecule has 22 heavy (non-hydrogen) atoms. The lowest BCUT2D eigenvalue weighted by atomic mass is 9.99. The largest absolute Gasteiger partial charge is 0.474 e. The number of aromatic nitrogens is 1. The zero-order valence-corrected chi connectivity index (χ0v) is 13.2. The molecular weight excluding hydrogens is 272 g/mol. The first kappa shape index (κ1) is 14.8. The van der Waals surface area contributed by atoms with Crippen LogP contribution in [0.3, 0.4) is 0 Å². The lowest BCUT2D eigenvalue weighted by Gasteiger charge is -2.12. The van der Waals surface area contributed by atoms with Gasteiger partial charge in [-0.1, -0.05) is 50.2 Å². The van der Waals surface area contributed by atoms with Crippen molar-refractivity contribution in [3.63, 3.8) is 0 Å². The second-order valence-electron chi connectivity index (χ2n) is 5.63. The Morgan fingerprint density at radius 3 is 2.55 bits per heavy atom. The molecule has 0 aliphatic carbocycles. The Labute approximate surface area is 132 Å². The zero-order chi connectivity index (χ0) is 15.4. The molecule has 1 aliphatic heterocycles. The third-order valence-electron chi connectivity index (χ3n) is 4.23. The van der Waals surface area contributed by atoms with Gasteiger partial charge in [0, 0.05) is 11.6 Å². The molecule has 0 spiro atoms. The van der Waals surface area contributed by atoms with Crippen LogP contribution in [0, 0.1) is 0 Å². The first-order valence-corrected chi connectivity index (χ1v) is 8.04. The number of hydrogen-bond acceptors (Lipinski definition) is 3. The van der Waals surface area contributed by atoms with E-state index >= 15 is 0 Å². The smallest absolute Gasteiger partial charge is 0.236 e. The average Bonchev–Trinajstić information content (AvgIpc) is 3.07. The quantitative estimate of drug-likeness (QED) is 0.813. The van der Waals surface area contributed by atoms with Crippen molar-refractivity contribution in [3.8, 4) is 0 Å². The third kappa shape index (κ3) is 3.03. The van der Waals surface area contributed by atoms with Crippen LogP contribution in [0.5, 0.6) is 0 Å². The molecule has 0 saturated carbocycles. The van der Waals surface area contributed by atoms with E-state index in [9.17, 15) is 0 Å². The van der Waals surface area contributed by atoms with E-state index < -0.39 is 0 Å². The van der Waals surface area contributed by atoms with E-state index in [2.05, 4.69) is 38.1 Å². The minimum atomic E-state index is 0.0785. The van der Waals surface area contributed by atoms with Crippen molar-refractivity contribution in [3.05, 3.63) is 65.5 Å². The van der Waals surface area contributed by atoms with Crippen LogP contribution < -0.4 is 0 Å². The van der Waals surface area contributed by atoms with Gasteiger partial charge in [0.05, 0.1) is 0 Å². The first-order chi connectivity index (χ1) is 10.8. The van der Waals surface area contributed by atoms with Gasteiger partial charge in [0.2, 0.25) is 5.90 Å². The third-order valence-corrected chi connectivity index (χ3v) is 4.23. The highest BCUT2D eigenvalue weighted by molar-refractivity contribution is 5.93. The van der Waals surface area contributed by atoms with E-state index in [0.717, 1.165) is 24.2 Å². The Morgan fingerprint density at radius 2 is 1.82 bits per heavy atom. The number of hydrogen-bond donors (Lipinski definition) is 0. The molecule has 0 N–H and O–H groups in total. The van der Waals surface area contributed by atoms with E-state index in [4.69, 9.17) is 14.7 Å². The van der Waals surface area contributed by atoms with Crippen LogP contribution in [0.4, 0.5) is 0 Å². The van der Waals surface area contributed by atoms with Crippen molar-refractivity contribution >= 4 is 5.90 Å². The van der Waals surface area contributed by atoms with Crippen LogP contribution in [-0.4, -0.2) is 17.5 Å². The summed E-state index contributed by atoms with van der Waals surface area (Å²) >= 11 is 0. The van der Waals surface area contributed by atoms with Crippen molar-refractivity contribution in [2.45, 2.75) is 38.6 Å². The Balaban J connectivity index is 1.84. The maximum absolute atomic E-state index is 5.80. The predicted octanol–water partition coefficient (Wildman–Crippen LogP) is 4.50. The van der Waals surface area contributed by atoms with Crippen molar-refractivity contribution in [2.24, 2.45) is 4.99 Å². The number of nitrogens with zero attached hydrogens (tertiary/aromatic N) is 2. The minimum Gasteiger partial charge on any atom is -0.474 e. The van der Waals surface area contributed by atoms with E-state index in [1.54, 1.807) is 0 Å². The molecule has 0 saturated heterocycles. The highest BCUT2D eigenvalue weighted by atomic mass is 16.5.